The molecule has 0 spiro atoms. The number of amides is 2. The molecule has 3 N–H and O–H groups in total. The van der Waals surface area contributed by atoms with Gasteiger partial charge in [-0.05, 0) is 19.1 Å². The molecule has 0 aliphatic carbocycles. The molecule has 0 radical (unpaired) electrons. The SMILES string of the molecule is CCNC(=O)c1ccccc1NC(=O)CC1CSCCN1. The zero-order chi connectivity index (χ0) is 15.1. The number of carbonyl (C=O) groups is 2. The van der Waals surface area contributed by atoms with E-state index in [1.165, 1.54) is 0 Å². The average molecular weight is 307 g/mol. The number of anilines is 1. The van der Waals surface area contributed by atoms with Gasteiger partial charge in [-0.3, -0.25) is 9.59 Å². The molecule has 1 heterocycles. The van der Waals surface area contributed by atoms with Crippen LogP contribution >= 0.6 is 11.8 Å². The Hall–Kier alpha value is -1.53. The van der Waals surface area contributed by atoms with Gasteiger partial charge in [-0.2, -0.15) is 11.8 Å². The first-order chi connectivity index (χ1) is 10.2. The molecule has 114 valence electrons. The minimum absolute atomic E-state index is 0.0632. The highest BCUT2D eigenvalue weighted by molar-refractivity contribution is 7.99. The molecule has 1 aliphatic heterocycles. The lowest BCUT2D eigenvalue weighted by Gasteiger charge is -2.22. The standard InChI is InChI=1S/C15H21N3O2S/c1-2-16-15(20)12-5-3-4-6-13(12)18-14(19)9-11-10-21-8-7-17-11/h3-6,11,17H,2,7-10H2,1H3,(H,16,20)(H,18,19). The molecule has 21 heavy (non-hydrogen) atoms. The van der Waals surface area contributed by atoms with Gasteiger partial charge in [0.1, 0.15) is 0 Å². The fourth-order valence-electron chi connectivity index (χ4n) is 2.22. The van der Waals surface area contributed by atoms with E-state index in [-0.39, 0.29) is 17.9 Å². The highest BCUT2D eigenvalue weighted by Gasteiger charge is 2.18. The van der Waals surface area contributed by atoms with Gasteiger partial charge in [0.2, 0.25) is 5.91 Å². The summed E-state index contributed by atoms with van der Waals surface area (Å²) >= 11 is 1.86. The molecule has 0 bridgehead atoms. The second-order valence-corrected chi connectivity index (χ2v) is 6.03. The van der Waals surface area contributed by atoms with Crippen LogP contribution in [0.3, 0.4) is 0 Å². The molecule has 1 aromatic rings. The van der Waals surface area contributed by atoms with E-state index in [0.29, 0.717) is 24.2 Å². The number of carbonyl (C=O) groups excluding carboxylic acids is 2. The fraction of sp³-hybridized carbons (Fsp3) is 0.467. The van der Waals surface area contributed by atoms with Gasteiger partial charge in [0.05, 0.1) is 11.3 Å². The molecular formula is C15H21N3O2S. The van der Waals surface area contributed by atoms with E-state index in [1.54, 1.807) is 18.2 Å². The minimum Gasteiger partial charge on any atom is -0.352 e. The van der Waals surface area contributed by atoms with E-state index in [4.69, 9.17) is 0 Å². The molecule has 1 fully saturated rings. The Kier molecular flexibility index (Phi) is 6.07. The highest BCUT2D eigenvalue weighted by atomic mass is 32.2. The van der Waals surface area contributed by atoms with Crippen molar-refractivity contribution in [1.82, 2.24) is 10.6 Å². The summed E-state index contributed by atoms with van der Waals surface area (Å²) in [4.78, 5) is 24.1. The lowest BCUT2D eigenvalue weighted by molar-refractivity contribution is -0.116. The van der Waals surface area contributed by atoms with Crippen LogP contribution in [0.15, 0.2) is 24.3 Å². The molecule has 1 saturated heterocycles. The molecular weight excluding hydrogens is 286 g/mol. The van der Waals surface area contributed by atoms with Crippen molar-refractivity contribution in [2.75, 3.05) is 29.9 Å². The number of nitrogens with one attached hydrogen (secondary N) is 3. The van der Waals surface area contributed by atoms with Gasteiger partial charge >= 0.3 is 0 Å². The third-order valence-corrected chi connectivity index (χ3v) is 4.34. The first-order valence-corrected chi connectivity index (χ1v) is 8.34. The quantitative estimate of drug-likeness (QED) is 0.770. The smallest absolute Gasteiger partial charge is 0.253 e. The Morgan fingerprint density at radius 1 is 1.38 bits per heavy atom. The van der Waals surface area contributed by atoms with E-state index in [0.717, 1.165) is 18.1 Å². The Bertz CT molecular complexity index is 501. The first-order valence-electron chi connectivity index (χ1n) is 7.19. The summed E-state index contributed by atoms with van der Waals surface area (Å²) in [6.45, 7) is 3.37. The molecule has 5 nitrogen and oxygen atoms in total. The van der Waals surface area contributed by atoms with E-state index in [2.05, 4.69) is 16.0 Å². The van der Waals surface area contributed by atoms with Crippen LogP contribution in [-0.4, -0.2) is 42.5 Å². The predicted molar refractivity (Wildman–Crippen MR) is 86.8 cm³/mol. The Morgan fingerprint density at radius 2 is 2.19 bits per heavy atom. The summed E-state index contributed by atoms with van der Waals surface area (Å²) in [7, 11) is 0. The van der Waals surface area contributed by atoms with Crippen LogP contribution in [0.1, 0.15) is 23.7 Å². The lowest BCUT2D eigenvalue weighted by atomic mass is 10.1. The monoisotopic (exact) mass is 307 g/mol. The van der Waals surface area contributed by atoms with Gasteiger partial charge in [0, 0.05) is 37.1 Å². The molecule has 2 rings (SSSR count). The van der Waals surface area contributed by atoms with Gasteiger partial charge < -0.3 is 16.0 Å². The number of rotatable bonds is 5. The number of benzene rings is 1. The van der Waals surface area contributed by atoms with Crippen LogP contribution in [0.2, 0.25) is 0 Å². The van der Waals surface area contributed by atoms with Crippen LogP contribution in [0.4, 0.5) is 5.69 Å². The second kappa shape index (κ2) is 8.05. The van der Waals surface area contributed by atoms with Crippen molar-refractivity contribution in [3.63, 3.8) is 0 Å². The number of hydrogen-bond acceptors (Lipinski definition) is 4. The molecule has 0 saturated carbocycles. The van der Waals surface area contributed by atoms with Crippen molar-refractivity contribution < 1.29 is 9.59 Å². The van der Waals surface area contributed by atoms with Gasteiger partial charge in [-0.15, -0.1) is 0 Å². The second-order valence-electron chi connectivity index (χ2n) is 4.88. The first kappa shape index (κ1) is 15.9. The van der Waals surface area contributed by atoms with Crippen LogP contribution in [0.25, 0.3) is 0 Å². The minimum atomic E-state index is -0.167. The summed E-state index contributed by atoms with van der Waals surface area (Å²) in [5.74, 6) is 1.82. The molecule has 6 heteroatoms. The van der Waals surface area contributed by atoms with Crippen molar-refractivity contribution in [1.29, 1.82) is 0 Å². The average Bonchev–Trinajstić information content (AvgIpc) is 2.49. The van der Waals surface area contributed by atoms with Crippen LogP contribution in [0.5, 0.6) is 0 Å². The maximum atomic E-state index is 12.1. The number of thioether (sulfide) groups is 1. The summed E-state index contributed by atoms with van der Waals surface area (Å²) in [6.07, 6.45) is 0.427. The number of para-hydroxylation sites is 1. The van der Waals surface area contributed by atoms with Gasteiger partial charge in [-0.1, -0.05) is 12.1 Å². The fourth-order valence-corrected chi connectivity index (χ4v) is 3.17. The molecule has 1 atom stereocenters. The van der Waals surface area contributed by atoms with Gasteiger partial charge in [-0.25, -0.2) is 0 Å². The Balaban J connectivity index is 1.98. The van der Waals surface area contributed by atoms with Crippen molar-refractivity contribution in [2.24, 2.45) is 0 Å². The molecule has 2 amide bonds. The van der Waals surface area contributed by atoms with Crippen LogP contribution in [-0.2, 0) is 4.79 Å². The number of hydrogen-bond donors (Lipinski definition) is 3. The topological polar surface area (TPSA) is 70.2 Å². The van der Waals surface area contributed by atoms with Crippen molar-refractivity contribution in [2.45, 2.75) is 19.4 Å². The van der Waals surface area contributed by atoms with E-state index in [9.17, 15) is 9.59 Å². The van der Waals surface area contributed by atoms with Crippen molar-refractivity contribution in [3.8, 4) is 0 Å². The van der Waals surface area contributed by atoms with E-state index in [1.807, 2.05) is 24.8 Å². The maximum Gasteiger partial charge on any atom is 0.253 e. The molecule has 0 aromatic heterocycles. The zero-order valence-electron chi connectivity index (χ0n) is 12.1. The van der Waals surface area contributed by atoms with Crippen LogP contribution in [0, 0.1) is 0 Å². The third-order valence-electron chi connectivity index (χ3n) is 3.21. The Morgan fingerprint density at radius 3 is 2.90 bits per heavy atom. The molecule has 1 aromatic carbocycles. The summed E-state index contributed by atoms with van der Waals surface area (Å²) in [6, 6.07) is 7.29. The van der Waals surface area contributed by atoms with Crippen LogP contribution < -0.4 is 16.0 Å². The summed E-state index contributed by atoms with van der Waals surface area (Å²) < 4.78 is 0. The van der Waals surface area contributed by atoms with Crippen molar-refractivity contribution >= 4 is 29.3 Å². The van der Waals surface area contributed by atoms with Gasteiger partial charge in [0.25, 0.3) is 5.91 Å². The van der Waals surface area contributed by atoms with E-state index < -0.39 is 0 Å². The predicted octanol–water partition coefficient (Wildman–Crippen LogP) is 1.47. The lowest BCUT2D eigenvalue weighted by Crippen LogP contribution is -2.40. The summed E-state index contributed by atoms with van der Waals surface area (Å²) in [5, 5.41) is 8.93. The third kappa shape index (κ3) is 4.75. The maximum absolute atomic E-state index is 12.1. The molecule has 1 unspecified atom stereocenters. The molecule has 1 aliphatic rings. The van der Waals surface area contributed by atoms with Gasteiger partial charge in [0.15, 0.2) is 0 Å². The van der Waals surface area contributed by atoms with Crippen molar-refractivity contribution in [3.05, 3.63) is 29.8 Å². The zero-order valence-corrected chi connectivity index (χ0v) is 13.0. The Labute approximate surface area is 129 Å². The normalized spacial score (nSPS) is 18.0. The largest absolute Gasteiger partial charge is 0.352 e. The van der Waals surface area contributed by atoms with E-state index >= 15 is 0 Å². The highest BCUT2D eigenvalue weighted by Crippen LogP contribution is 2.16. The summed E-state index contributed by atoms with van der Waals surface area (Å²) in [5.41, 5.74) is 1.07.